The van der Waals surface area contributed by atoms with E-state index in [0.29, 0.717) is 18.1 Å². The van der Waals surface area contributed by atoms with Gasteiger partial charge in [0.25, 0.3) is 0 Å². The summed E-state index contributed by atoms with van der Waals surface area (Å²) in [5, 5.41) is 0. The zero-order valence-electron chi connectivity index (χ0n) is 25.2. The third-order valence-electron chi connectivity index (χ3n) is 9.14. The maximum Gasteiger partial charge on any atom is 0.333 e. The topological polar surface area (TPSA) is 26.3 Å². The van der Waals surface area contributed by atoms with Crippen LogP contribution in [0.4, 0.5) is 0 Å². The maximum absolute atomic E-state index is 12.1. The summed E-state index contributed by atoms with van der Waals surface area (Å²) in [5.74, 6) is 2.13. The highest BCUT2D eigenvalue weighted by Gasteiger charge is 2.58. The summed E-state index contributed by atoms with van der Waals surface area (Å²) < 4.78 is 5.61. The molecule has 0 aliphatic rings. The summed E-state index contributed by atoms with van der Waals surface area (Å²) in [5.41, 5.74) is 0.569. The second kappa shape index (κ2) is 18.5. The minimum atomic E-state index is -0.282. The van der Waals surface area contributed by atoms with Gasteiger partial charge < -0.3 is 4.74 Å². The molecule has 0 N–H and O–H groups in total. The third-order valence-corrected chi connectivity index (χ3v) is 9.41. The first-order valence-electron chi connectivity index (χ1n) is 15.0. The summed E-state index contributed by atoms with van der Waals surface area (Å²) in [4.78, 5) is 12.1. The molecule has 0 bridgehead atoms. The lowest BCUT2D eigenvalue weighted by Crippen LogP contribution is -2.54. The Bertz CT molecular complexity index is 623. The fraction of sp³-hybridized carbons (Fsp3) is 0.818. The van der Waals surface area contributed by atoms with Gasteiger partial charge in [-0.3, -0.25) is 0 Å². The number of alkyl halides is 1. The van der Waals surface area contributed by atoms with E-state index >= 15 is 0 Å². The van der Waals surface area contributed by atoms with Crippen LogP contribution in [0, 0.1) is 22.2 Å². The summed E-state index contributed by atoms with van der Waals surface area (Å²) in [6, 6.07) is 0. The summed E-state index contributed by atoms with van der Waals surface area (Å²) in [6.07, 6.45) is 19.4. The summed E-state index contributed by atoms with van der Waals surface area (Å²) in [6.45, 7) is 24.6. The van der Waals surface area contributed by atoms with Crippen molar-refractivity contribution in [2.45, 2.75) is 145 Å². The number of hydrogen-bond acceptors (Lipinski definition) is 2. The van der Waals surface area contributed by atoms with Crippen molar-refractivity contribution < 1.29 is 9.53 Å². The standard InChI is InChI=1S/C33H60ClO2/c1-10-16-18-22-29(21-17-11-2)32(24-19-26-34,25-20-27-36-30(35)28(7)8)33(15-6,23-12-3)31(9,13-4)14-5/h15H,6-7,10-14,16-27H2,1-5,8-9H3. The molecule has 0 spiro atoms. The van der Waals surface area contributed by atoms with E-state index < -0.39 is 0 Å². The van der Waals surface area contributed by atoms with E-state index in [4.69, 9.17) is 16.3 Å². The van der Waals surface area contributed by atoms with E-state index in [1.165, 1.54) is 44.9 Å². The second-order valence-corrected chi connectivity index (χ2v) is 11.6. The molecule has 211 valence electrons. The monoisotopic (exact) mass is 523 g/mol. The molecule has 3 heteroatoms. The van der Waals surface area contributed by atoms with Gasteiger partial charge in [-0.1, -0.05) is 92.7 Å². The largest absolute Gasteiger partial charge is 0.462 e. The first-order valence-corrected chi connectivity index (χ1v) is 15.6. The molecular formula is C33H60ClO2. The van der Waals surface area contributed by atoms with Gasteiger partial charge in [-0.25, -0.2) is 4.79 Å². The van der Waals surface area contributed by atoms with E-state index in [2.05, 4.69) is 60.8 Å². The van der Waals surface area contributed by atoms with Crippen LogP contribution in [-0.2, 0) is 9.53 Å². The van der Waals surface area contributed by atoms with Crippen LogP contribution >= 0.6 is 11.6 Å². The van der Waals surface area contributed by atoms with Gasteiger partial charge in [-0.2, -0.15) is 0 Å². The fourth-order valence-electron chi connectivity index (χ4n) is 6.79. The predicted molar refractivity (Wildman–Crippen MR) is 161 cm³/mol. The third kappa shape index (κ3) is 8.92. The van der Waals surface area contributed by atoms with Gasteiger partial charge in [-0.15, -0.1) is 18.2 Å². The molecule has 0 aliphatic carbocycles. The first kappa shape index (κ1) is 35.2. The number of unbranched alkanes of at least 4 members (excludes halogenated alkanes) is 3. The summed E-state index contributed by atoms with van der Waals surface area (Å²) >= 11 is 6.42. The Morgan fingerprint density at radius 3 is 1.92 bits per heavy atom. The lowest BCUT2D eigenvalue weighted by Gasteiger charge is -2.62. The predicted octanol–water partition coefficient (Wildman–Crippen LogP) is 11.0. The fourth-order valence-corrected chi connectivity index (χ4v) is 6.92. The normalized spacial score (nSPS) is 15.4. The Morgan fingerprint density at radius 1 is 0.861 bits per heavy atom. The molecule has 0 amide bonds. The molecule has 0 fully saturated rings. The molecule has 0 rings (SSSR count). The van der Waals surface area contributed by atoms with E-state index in [1.807, 2.05) is 0 Å². The second-order valence-electron chi connectivity index (χ2n) is 11.3. The Balaban J connectivity index is 6.91. The van der Waals surface area contributed by atoms with Crippen LogP contribution in [0.25, 0.3) is 0 Å². The highest BCUT2D eigenvalue weighted by molar-refractivity contribution is 6.17. The average molecular weight is 524 g/mol. The van der Waals surface area contributed by atoms with Crippen molar-refractivity contribution in [3.8, 4) is 0 Å². The molecular weight excluding hydrogens is 464 g/mol. The van der Waals surface area contributed by atoms with Crippen LogP contribution in [0.3, 0.4) is 0 Å². The molecule has 36 heavy (non-hydrogen) atoms. The minimum Gasteiger partial charge on any atom is -0.462 e. The summed E-state index contributed by atoms with van der Waals surface area (Å²) in [7, 11) is 0. The van der Waals surface area contributed by atoms with Gasteiger partial charge in [0.05, 0.1) is 6.61 Å². The number of rotatable bonds is 23. The van der Waals surface area contributed by atoms with Gasteiger partial charge in [0.15, 0.2) is 0 Å². The Labute approximate surface area is 231 Å². The van der Waals surface area contributed by atoms with Crippen molar-refractivity contribution in [3.63, 3.8) is 0 Å². The quantitative estimate of drug-likeness (QED) is 0.0437. The molecule has 0 aromatic carbocycles. The molecule has 0 aromatic rings. The van der Waals surface area contributed by atoms with Crippen LogP contribution in [0.15, 0.2) is 24.8 Å². The SMILES string of the molecule is C=CC(CCC)(C(C)(CC)CC)C(CCCCl)(CCCOC(=O)C(=C)C)[C](CCCC)CCCCC. The van der Waals surface area contributed by atoms with Crippen molar-refractivity contribution in [3.05, 3.63) is 30.7 Å². The van der Waals surface area contributed by atoms with Crippen LogP contribution in [0.1, 0.15) is 145 Å². The zero-order chi connectivity index (χ0) is 27.7. The molecule has 2 nitrogen and oxygen atoms in total. The minimum absolute atomic E-state index is 0.00103. The van der Waals surface area contributed by atoms with Gasteiger partial charge in [0.2, 0.25) is 0 Å². The van der Waals surface area contributed by atoms with E-state index in [0.717, 1.165) is 51.4 Å². The highest BCUT2D eigenvalue weighted by atomic mass is 35.5. The lowest BCUT2D eigenvalue weighted by atomic mass is 9.42. The van der Waals surface area contributed by atoms with Crippen LogP contribution < -0.4 is 0 Å². The van der Waals surface area contributed by atoms with Gasteiger partial charge in [0.1, 0.15) is 0 Å². The Morgan fingerprint density at radius 2 is 1.44 bits per heavy atom. The smallest absolute Gasteiger partial charge is 0.333 e. The number of carbonyl (C=O) groups excluding carboxylic acids is 1. The molecule has 0 aromatic heterocycles. The van der Waals surface area contributed by atoms with Gasteiger partial charge >= 0.3 is 5.97 Å². The lowest BCUT2D eigenvalue weighted by molar-refractivity contribution is -0.139. The Kier molecular flexibility index (Phi) is 18.1. The number of carbonyl (C=O) groups is 1. The Hall–Kier alpha value is -0.760. The maximum atomic E-state index is 12.1. The van der Waals surface area contributed by atoms with Gasteiger partial charge in [0, 0.05) is 11.5 Å². The van der Waals surface area contributed by atoms with Crippen molar-refractivity contribution in [1.29, 1.82) is 0 Å². The number of hydrogen-bond donors (Lipinski definition) is 0. The van der Waals surface area contributed by atoms with Crippen molar-refractivity contribution in [2.75, 3.05) is 12.5 Å². The van der Waals surface area contributed by atoms with E-state index in [1.54, 1.807) is 12.8 Å². The molecule has 2 unspecified atom stereocenters. The van der Waals surface area contributed by atoms with Crippen molar-refractivity contribution in [2.24, 2.45) is 16.2 Å². The molecule has 0 heterocycles. The molecule has 0 saturated heterocycles. The first-order chi connectivity index (χ1) is 17.1. The molecule has 0 aliphatic heterocycles. The zero-order valence-corrected chi connectivity index (χ0v) is 26.0. The molecule has 0 saturated carbocycles. The highest BCUT2D eigenvalue weighted by Crippen LogP contribution is 2.67. The van der Waals surface area contributed by atoms with Crippen molar-refractivity contribution in [1.82, 2.24) is 0 Å². The van der Waals surface area contributed by atoms with Crippen molar-refractivity contribution >= 4 is 17.6 Å². The van der Waals surface area contributed by atoms with Crippen LogP contribution in [-0.4, -0.2) is 18.5 Å². The van der Waals surface area contributed by atoms with Crippen LogP contribution in [0.2, 0.25) is 0 Å². The van der Waals surface area contributed by atoms with Gasteiger partial charge in [-0.05, 0) is 86.9 Å². The number of esters is 1. The van der Waals surface area contributed by atoms with E-state index in [-0.39, 0.29) is 22.2 Å². The number of ether oxygens (including phenoxy) is 1. The van der Waals surface area contributed by atoms with E-state index in [9.17, 15) is 4.79 Å². The average Bonchev–Trinajstić information content (AvgIpc) is 2.88. The van der Waals surface area contributed by atoms with Crippen LogP contribution in [0.5, 0.6) is 0 Å². The number of allylic oxidation sites excluding steroid dienone is 1. The number of halogens is 1. The molecule has 1 radical (unpaired) electrons. The molecule has 2 atom stereocenters.